The van der Waals surface area contributed by atoms with Crippen molar-refractivity contribution in [1.29, 1.82) is 0 Å². The molecule has 0 aromatic heterocycles. The molecular weight excluding hydrogens is 359 g/mol. The van der Waals surface area contributed by atoms with Crippen LogP contribution in [0.3, 0.4) is 0 Å². The van der Waals surface area contributed by atoms with E-state index < -0.39 is 41.4 Å². The second-order valence-corrected chi connectivity index (χ2v) is 4.82. The highest BCUT2D eigenvalue weighted by molar-refractivity contribution is 5.89. The number of methoxy groups -OCH3 is 1. The number of nitro groups is 1. The number of hydrogen-bond donors (Lipinski definition) is 0. The van der Waals surface area contributed by atoms with Gasteiger partial charge in [-0.3, -0.25) is 10.1 Å². The van der Waals surface area contributed by atoms with Crippen LogP contribution in [0.5, 0.6) is 11.5 Å². The predicted octanol–water partition coefficient (Wildman–Crippen LogP) is 3.70. The highest BCUT2D eigenvalue weighted by Crippen LogP contribution is 2.36. The van der Waals surface area contributed by atoms with E-state index in [1.807, 2.05) is 0 Å². The number of halogens is 3. The zero-order chi connectivity index (χ0) is 19.3. The summed E-state index contributed by atoms with van der Waals surface area (Å²) in [7, 11) is 1.15. The maximum absolute atomic E-state index is 13.5. The standard InChI is InChI=1S/C16H12F3NO6/c1-24-13-6-9(12(20(22)23)7-14(13)26-16(18)19)8-25-15(21)10-4-2-3-5-11(10)17/h2-7,16H,8H2,1H3. The Kier molecular flexibility index (Phi) is 5.99. The first-order chi connectivity index (χ1) is 12.3. The van der Waals surface area contributed by atoms with Crippen LogP contribution in [-0.4, -0.2) is 24.6 Å². The Balaban J connectivity index is 2.29. The number of benzene rings is 2. The zero-order valence-corrected chi connectivity index (χ0v) is 13.3. The zero-order valence-electron chi connectivity index (χ0n) is 13.3. The molecule has 10 heteroatoms. The molecule has 138 valence electrons. The van der Waals surface area contributed by atoms with Gasteiger partial charge in [0.05, 0.1) is 29.2 Å². The van der Waals surface area contributed by atoms with Gasteiger partial charge in [0.2, 0.25) is 0 Å². The molecule has 0 spiro atoms. The minimum absolute atomic E-state index is 0.141. The summed E-state index contributed by atoms with van der Waals surface area (Å²) < 4.78 is 52.2. The summed E-state index contributed by atoms with van der Waals surface area (Å²) >= 11 is 0. The molecule has 26 heavy (non-hydrogen) atoms. The van der Waals surface area contributed by atoms with E-state index in [4.69, 9.17) is 9.47 Å². The Labute approximate surface area is 145 Å². The van der Waals surface area contributed by atoms with E-state index in [9.17, 15) is 28.1 Å². The van der Waals surface area contributed by atoms with Gasteiger partial charge in [-0.2, -0.15) is 8.78 Å². The fraction of sp³-hybridized carbons (Fsp3) is 0.188. The van der Waals surface area contributed by atoms with Crippen molar-refractivity contribution < 1.29 is 37.1 Å². The molecule has 0 fully saturated rings. The largest absolute Gasteiger partial charge is 0.493 e. The van der Waals surface area contributed by atoms with Crippen molar-refractivity contribution in [2.75, 3.05) is 7.11 Å². The molecule has 2 rings (SSSR count). The Hall–Kier alpha value is -3.30. The van der Waals surface area contributed by atoms with E-state index in [1.165, 1.54) is 18.2 Å². The molecule has 0 heterocycles. The summed E-state index contributed by atoms with van der Waals surface area (Å²) in [6.45, 7) is -3.82. The molecule has 0 N–H and O–H groups in total. The average molecular weight is 371 g/mol. The Morgan fingerprint density at radius 2 is 1.92 bits per heavy atom. The third kappa shape index (κ3) is 4.41. The van der Waals surface area contributed by atoms with Gasteiger partial charge in [0.15, 0.2) is 11.5 Å². The number of rotatable bonds is 7. The lowest BCUT2D eigenvalue weighted by atomic mass is 10.1. The summed E-state index contributed by atoms with van der Waals surface area (Å²) in [6, 6.07) is 6.80. The minimum atomic E-state index is -3.21. The number of nitrogens with zero attached hydrogens (tertiary/aromatic N) is 1. The van der Waals surface area contributed by atoms with Gasteiger partial charge in [-0.1, -0.05) is 12.1 Å². The number of carbonyl (C=O) groups is 1. The molecule has 0 aliphatic rings. The molecule has 0 aliphatic carbocycles. The van der Waals surface area contributed by atoms with Gasteiger partial charge in [-0.25, -0.2) is 9.18 Å². The quantitative estimate of drug-likeness (QED) is 0.419. The van der Waals surface area contributed by atoms with Crippen molar-refractivity contribution >= 4 is 11.7 Å². The van der Waals surface area contributed by atoms with Gasteiger partial charge in [-0.05, 0) is 18.2 Å². The minimum Gasteiger partial charge on any atom is -0.493 e. The third-order valence-electron chi connectivity index (χ3n) is 3.23. The summed E-state index contributed by atoms with van der Waals surface area (Å²) in [5.74, 6) is -2.61. The van der Waals surface area contributed by atoms with Gasteiger partial charge < -0.3 is 14.2 Å². The van der Waals surface area contributed by atoms with Crippen LogP contribution >= 0.6 is 0 Å². The first kappa shape index (κ1) is 19.0. The molecule has 0 aliphatic heterocycles. The molecule has 2 aromatic rings. The average Bonchev–Trinajstić information content (AvgIpc) is 2.59. The molecule has 0 atom stereocenters. The number of nitro benzene ring substituents is 1. The van der Waals surface area contributed by atoms with E-state index in [0.717, 1.165) is 25.3 Å². The van der Waals surface area contributed by atoms with E-state index in [2.05, 4.69) is 4.74 Å². The SMILES string of the molecule is COc1cc(COC(=O)c2ccccc2F)c([N+](=O)[O-])cc1OC(F)F. The van der Waals surface area contributed by atoms with Crippen LogP contribution < -0.4 is 9.47 Å². The van der Waals surface area contributed by atoms with Gasteiger partial charge in [0.1, 0.15) is 12.4 Å². The van der Waals surface area contributed by atoms with E-state index in [-0.39, 0.29) is 16.9 Å². The summed E-state index contributed by atoms with van der Waals surface area (Å²) in [6.07, 6.45) is 0. The molecule has 2 aromatic carbocycles. The topological polar surface area (TPSA) is 87.9 Å². The molecule has 0 radical (unpaired) electrons. The lowest BCUT2D eigenvalue weighted by Gasteiger charge is -2.12. The van der Waals surface area contributed by atoms with Crippen LogP contribution in [0.15, 0.2) is 36.4 Å². The van der Waals surface area contributed by atoms with E-state index >= 15 is 0 Å². The van der Waals surface area contributed by atoms with Gasteiger partial charge in [0, 0.05) is 0 Å². The highest BCUT2D eigenvalue weighted by atomic mass is 19.3. The number of ether oxygens (including phenoxy) is 3. The van der Waals surface area contributed by atoms with Gasteiger partial charge >= 0.3 is 12.6 Å². The van der Waals surface area contributed by atoms with Crippen molar-refractivity contribution in [3.63, 3.8) is 0 Å². The van der Waals surface area contributed by atoms with Crippen molar-refractivity contribution in [3.05, 3.63) is 63.5 Å². The monoisotopic (exact) mass is 371 g/mol. The summed E-state index contributed by atoms with van der Waals surface area (Å²) in [4.78, 5) is 22.2. The molecule has 0 saturated heterocycles. The number of esters is 1. The van der Waals surface area contributed by atoms with Gasteiger partial charge in [0.25, 0.3) is 5.69 Å². The molecule has 0 bridgehead atoms. The maximum Gasteiger partial charge on any atom is 0.387 e. The molecule has 0 amide bonds. The summed E-state index contributed by atoms with van der Waals surface area (Å²) in [5.41, 5.74) is -1.11. The Morgan fingerprint density at radius 1 is 1.23 bits per heavy atom. The molecule has 0 saturated carbocycles. The first-order valence-corrected chi connectivity index (χ1v) is 7.05. The van der Waals surface area contributed by atoms with E-state index in [1.54, 1.807) is 0 Å². The molecule has 0 unspecified atom stereocenters. The third-order valence-corrected chi connectivity index (χ3v) is 3.23. The van der Waals surface area contributed by atoms with Crippen molar-refractivity contribution in [1.82, 2.24) is 0 Å². The van der Waals surface area contributed by atoms with Crippen LogP contribution in [0, 0.1) is 15.9 Å². The maximum atomic E-state index is 13.5. The van der Waals surface area contributed by atoms with Crippen molar-refractivity contribution in [2.24, 2.45) is 0 Å². The Morgan fingerprint density at radius 3 is 2.50 bits per heavy atom. The normalized spacial score (nSPS) is 10.5. The fourth-order valence-corrected chi connectivity index (χ4v) is 2.07. The van der Waals surface area contributed by atoms with Crippen LogP contribution in [-0.2, 0) is 11.3 Å². The Bertz CT molecular complexity index is 828. The molecule has 7 nitrogen and oxygen atoms in total. The highest BCUT2D eigenvalue weighted by Gasteiger charge is 2.23. The summed E-state index contributed by atoms with van der Waals surface area (Å²) in [5, 5.41) is 11.1. The van der Waals surface area contributed by atoms with Crippen LogP contribution in [0.4, 0.5) is 18.9 Å². The van der Waals surface area contributed by atoms with Gasteiger partial charge in [-0.15, -0.1) is 0 Å². The molecular formula is C16H12F3NO6. The second kappa shape index (κ2) is 8.19. The lowest BCUT2D eigenvalue weighted by Crippen LogP contribution is -2.09. The first-order valence-electron chi connectivity index (χ1n) is 7.05. The lowest BCUT2D eigenvalue weighted by molar-refractivity contribution is -0.386. The van der Waals surface area contributed by atoms with Crippen molar-refractivity contribution in [3.8, 4) is 11.5 Å². The van der Waals surface area contributed by atoms with Crippen LogP contribution in [0.2, 0.25) is 0 Å². The van der Waals surface area contributed by atoms with Crippen molar-refractivity contribution in [2.45, 2.75) is 13.2 Å². The number of carbonyl (C=O) groups excluding carboxylic acids is 1. The van der Waals surface area contributed by atoms with Crippen LogP contribution in [0.1, 0.15) is 15.9 Å². The second-order valence-electron chi connectivity index (χ2n) is 4.82. The fourth-order valence-electron chi connectivity index (χ4n) is 2.07. The number of hydrogen-bond acceptors (Lipinski definition) is 6. The smallest absolute Gasteiger partial charge is 0.387 e. The van der Waals surface area contributed by atoms with E-state index in [0.29, 0.717) is 0 Å². The number of alkyl halides is 2. The predicted molar refractivity (Wildman–Crippen MR) is 81.8 cm³/mol. The van der Waals surface area contributed by atoms with Crippen LogP contribution in [0.25, 0.3) is 0 Å².